The number of fused-ring (bicyclic) bond motifs is 2. The number of hydrogen-bond acceptors (Lipinski definition) is 5. The fraction of sp³-hybridized carbons (Fsp3) is 0.286. The van der Waals surface area contributed by atoms with Gasteiger partial charge in [0.05, 0.1) is 11.8 Å². The molecule has 0 saturated carbocycles. The molecule has 2 aromatic rings. The largest absolute Gasteiger partial charge is 0.492 e. The molecule has 0 saturated heterocycles. The van der Waals surface area contributed by atoms with Crippen LogP contribution in [-0.4, -0.2) is 30.9 Å². The van der Waals surface area contributed by atoms with Crippen LogP contribution in [0.25, 0.3) is 0 Å². The molecule has 0 aliphatic carbocycles. The number of ether oxygens (including phenoxy) is 2. The minimum atomic E-state index is -0.486. The third-order valence-electron chi connectivity index (χ3n) is 5.10. The molecule has 0 bridgehead atoms. The highest BCUT2D eigenvalue weighted by atomic mass is 35.5. The van der Waals surface area contributed by atoms with Gasteiger partial charge in [-0.3, -0.25) is 14.4 Å². The lowest BCUT2D eigenvalue weighted by molar-refractivity contribution is -0.148. The number of rotatable bonds is 4. The maximum Gasteiger partial charge on any atom is 0.313 e. The quantitative estimate of drug-likeness (QED) is 0.629. The molecular formula is C21H18ClNO5. The molecular weight excluding hydrogens is 382 g/mol. The van der Waals surface area contributed by atoms with Crippen molar-refractivity contribution in [2.45, 2.75) is 19.3 Å². The Morgan fingerprint density at radius 1 is 1.25 bits per heavy atom. The summed E-state index contributed by atoms with van der Waals surface area (Å²) in [5, 5.41) is 3.33. The lowest BCUT2D eigenvalue weighted by Gasteiger charge is -2.24. The van der Waals surface area contributed by atoms with Gasteiger partial charge in [-0.25, -0.2) is 0 Å². The molecule has 0 radical (unpaired) electrons. The third-order valence-corrected chi connectivity index (χ3v) is 5.33. The number of Topliss-reactive ketones (excluding diaryl/α,β-unsaturated/α-hetero) is 1. The third kappa shape index (κ3) is 3.47. The van der Waals surface area contributed by atoms with E-state index in [2.05, 4.69) is 5.32 Å². The van der Waals surface area contributed by atoms with E-state index in [0.717, 1.165) is 11.1 Å². The zero-order valence-corrected chi connectivity index (χ0v) is 15.9. The second-order valence-corrected chi connectivity index (χ2v) is 7.44. The summed E-state index contributed by atoms with van der Waals surface area (Å²) in [6, 6.07) is 10.3. The monoisotopic (exact) mass is 399 g/mol. The molecule has 2 atom stereocenters. The van der Waals surface area contributed by atoms with Crippen molar-refractivity contribution in [1.82, 2.24) is 0 Å². The summed E-state index contributed by atoms with van der Waals surface area (Å²) >= 11 is 5.99. The fourth-order valence-electron chi connectivity index (χ4n) is 3.44. The molecule has 2 aliphatic rings. The van der Waals surface area contributed by atoms with Crippen molar-refractivity contribution in [2.75, 3.05) is 18.5 Å². The molecule has 1 N–H and O–H groups in total. The number of hydrogen-bond donors (Lipinski definition) is 1. The van der Waals surface area contributed by atoms with Gasteiger partial charge in [0.25, 0.3) is 0 Å². The highest BCUT2D eigenvalue weighted by molar-refractivity contribution is 6.30. The number of benzene rings is 2. The lowest BCUT2D eigenvalue weighted by Crippen LogP contribution is -2.31. The molecule has 2 heterocycles. The molecule has 2 aromatic carbocycles. The number of halogens is 1. The van der Waals surface area contributed by atoms with Gasteiger partial charge in [0, 0.05) is 16.3 Å². The average Bonchev–Trinajstić information content (AvgIpc) is 2.98. The molecule has 4 rings (SSSR count). The van der Waals surface area contributed by atoms with E-state index in [4.69, 9.17) is 21.1 Å². The van der Waals surface area contributed by atoms with Crippen LogP contribution in [-0.2, 0) is 20.7 Å². The summed E-state index contributed by atoms with van der Waals surface area (Å²) < 4.78 is 10.8. The molecule has 0 spiro atoms. The molecule has 28 heavy (non-hydrogen) atoms. The van der Waals surface area contributed by atoms with Gasteiger partial charge >= 0.3 is 5.97 Å². The smallest absolute Gasteiger partial charge is 0.313 e. The molecule has 1 amide bonds. The van der Waals surface area contributed by atoms with Gasteiger partial charge in [0.2, 0.25) is 5.91 Å². The second-order valence-electron chi connectivity index (χ2n) is 7.01. The van der Waals surface area contributed by atoms with E-state index >= 15 is 0 Å². The van der Waals surface area contributed by atoms with E-state index in [1.54, 1.807) is 43.3 Å². The summed E-state index contributed by atoms with van der Waals surface area (Å²) in [5.41, 5.74) is 2.74. The summed E-state index contributed by atoms with van der Waals surface area (Å²) in [7, 11) is 0. The number of amides is 1. The van der Waals surface area contributed by atoms with Gasteiger partial charge in [0.15, 0.2) is 12.4 Å². The van der Waals surface area contributed by atoms with Gasteiger partial charge in [-0.15, -0.1) is 0 Å². The number of anilines is 1. The van der Waals surface area contributed by atoms with Crippen LogP contribution in [0.2, 0.25) is 5.02 Å². The Kier molecular flexibility index (Phi) is 4.81. The SMILES string of the molecule is C[C@@H]1C(=O)Nc2ccc(C(=O)COC(=O)[C@H]3COc4ccc(Cl)cc4C3)cc21. The number of carbonyl (C=O) groups excluding carboxylic acids is 3. The topological polar surface area (TPSA) is 81.7 Å². The predicted octanol–water partition coefficient (Wildman–Crippen LogP) is 3.37. The van der Waals surface area contributed by atoms with Gasteiger partial charge in [-0.05, 0) is 60.9 Å². The molecule has 7 heteroatoms. The predicted molar refractivity (Wildman–Crippen MR) is 103 cm³/mol. The Morgan fingerprint density at radius 3 is 2.89 bits per heavy atom. The molecule has 2 aliphatic heterocycles. The molecule has 0 unspecified atom stereocenters. The molecule has 0 aromatic heterocycles. The van der Waals surface area contributed by atoms with Gasteiger partial charge in [-0.2, -0.15) is 0 Å². The lowest BCUT2D eigenvalue weighted by atomic mass is 9.97. The first kappa shape index (κ1) is 18.5. The second kappa shape index (κ2) is 7.28. The Labute approximate surface area is 166 Å². The standard InChI is InChI=1S/C21H18ClNO5/c1-11-16-8-12(2-4-17(16)23-20(11)25)18(24)10-28-21(26)14-6-13-7-15(22)3-5-19(13)27-9-14/h2-5,7-8,11,14H,6,9-10H2,1H3,(H,23,25)/t11-,14+/m0/s1. The van der Waals surface area contributed by atoms with Crippen molar-refractivity contribution < 1.29 is 23.9 Å². The van der Waals surface area contributed by atoms with Crippen LogP contribution in [0, 0.1) is 5.92 Å². The number of esters is 1. The maximum absolute atomic E-state index is 12.4. The van der Waals surface area contributed by atoms with Crippen LogP contribution < -0.4 is 10.1 Å². The summed E-state index contributed by atoms with van der Waals surface area (Å²) in [6.07, 6.45) is 0.451. The highest BCUT2D eigenvalue weighted by Crippen LogP contribution is 2.33. The Balaban J connectivity index is 1.38. The van der Waals surface area contributed by atoms with Crippen molar-refractivity contribution >= 4 is 34.9 Å². The first-order valence-corrected chi connectivity index (χ1v) is 9.36. The van der Waals surface area contributed by atoms with E-state index in [1.807, 2.05) is 0 Å². The zero-order valence-electron chi connectivity index (χ0n) is 15.2. The van der Waals surface area contributed by atoms with Crippen LogP contribution in [0.4, 0.5) is 5.69 Å². The number of nitrogens with one attached hydrogen (secondary N) is 1. The Bertz CT molecular complexity index is 987. The molecule has 0 fully saturated rings. The van der Waals surface area contributed by atoms with Crippen molar-refractivity contribution in [3.05, 3.63) is 58.1 Å². The summed E-state index contributed by atoms with van der Waals surface area (Å²) in [6.45, 7) is 1.63. The maximum atomic E-state index is 12.4. The zero-order chi connectivity index (χ0) is 19.8. The minimum absolute atomic E-state index is 0.0938. The van der Waals surface area contributed by atoms with E-state index < -0.39 is 11.9 Å². The van der Waals surface area contributed by atoms with Gasteiger partial charge in [0.1, 0.15) is 12.4 Å². The summed E-state index contributed by atoms with van der Waals surface area (Å²) in [5.74, 6) is -0.978. The van der Waals surface area contributed by atoms with Crippen molar-refractivity contribution in [2.24, 2.45) is 5.92 Å². The van der Waals surface area contributed by atoms with Crippen LogP contribution >= 0.6 is 11.6 Å². The van der Waals surface area contributed by atoms with Crippen molar-refractivity contribution in [3.63, 3.8) is 0 Å². The first-order valence-electron chi connectivity index (χ1n) is 8.98. The van der Waals surface area contributed by atoms with Crippen molar-refractivity contribution in [3.8, 4) is 5.75 Å². The Morgan fingerprint density at radius 2 is 2.07 bits per heavy atom. The molecule has 144 valence electrons. The van der Waals surface area contributed by atoms with Crippen LogP contribution in [0.1, 0.15) is 34.3 Å². The van der Waals surface area contributed by atoms with Gasteiger partial charge in [-0.1, -0.05) is 11.6 Å². The Hall–Kier alpha value is -2.86. The van der Waals surface area contributed by atoms with Crippen LogP contribution in [0.3, 0.4) is 0 Å². The minimum Gasteiger partial charge on any atom is -0.492 e. The van der Waals surface area contributed by atoms with E-state index in [-0.39, 0.29) is 30.8 Å². The van der Waals surface area contributed by atoms with Crippen LogP contribution in [0.5, 0.6) is 5.75 Å². The molecule has 6 nitrogen and oxygen atoms in total. The van der Waals surface area contributed by atoms with E-state index in [0.29, 0.717) is 28.4 Å². The summed E-state index contributed by atoms with van der Waals surface area (Å²) in [4.78, 5) is 36.5. The normalized spacial score (nSPS) is 19.9. The average molecular weight is 400 g/mol. The number of carbonyl (C=O) groups is 3. The van der Waals surface area contributed by atoms with E-state index in [9.17, 15) is 14.4 Å². The van der Waals surface area contributed by atoms with E-state index in [1.165, 1.54) is 0 Å². The first-order chi connectivity index (χ1) is 13.4. The highest BCUT2D eigenvalue weighted by Gasteiger charge is 2.29. The van der Waals surface area contributed by atoms with Gasteiger partial charge < -0.3 is 14.8 Å². The van der Waals surface area contributed by atoms with Crippen LogP contribution in [0.15, 0.2) is 36.4 Å². The number of ketones is 1. The van der Waals surface area contributed by atoms with Crippen molar-refractivity contribution in [1.29, 1.82) is 0 Å². The fourth-order valence-corrected chi connectivity index (χ4v) is 3.64.